The molecule has 6 heteroatoms. The van der Waals surface area contributed by atoms with Gasteiger partial charge in [-0.3, -0.25) is 4.79 Å². The summed E-state index contributed by atoms with van der Waals surface area (Å²) in [6.07, 6.45) is 1.72. The van der Waals surface area contributed by atoms with Gasteiger partial charge < -0.3 is 15.5 Å². The molecule has 122 valence electrons. The number of likely N-dealkylation sites (N-methyl/N-ethyl adjacent to an activating group) is 1. The standard InChI is InChI=1S/C17H21FN4O/c1-22(2)9-8-19-16-7-6-15(12-20-16)21-17(23)11-13-4-3-5-14(18)10-13/h3-7,10,12H,8-9,11H2,1-2H3,(H,19,20)(H,21,23). The number of anilines is 2. The lowest BCUT2D eigenvalue weighted by molar-refractivity contribution is -0.115. The maximum absolute atomic E-state index is 13.1. The summed E-state index contributed by atoms with van der Waals surface area (Å²) in [6.45, 7) is 1.71. The molecule has 23 heavy (non-hydrogen) atoms. The van der Waals surface area contributed by atoms with Crippen LogP contribution in [0.1, 0.15) is 5.56 Å². The van der Waals surface area contributed by atoms with Crippen LogP contribution in [0.3, 0.4) is 0 Å². The Morgan fingerprint density at radius 3 is 2.74 bits per heavy atom. The quantitative estimate of drug-likeness (QED) is 0.823. The number of halogens is 1. The Morgan fingerprint density at radius 2 is 2.09 bits per heavy atom. The third-order valence-electron chi connectivity index (χ3n) is 3.17. The van der Waals surface area contributed by atoms with Crippen molar-refractivity contribution in [3.05, 3.63) is 54.0 Å². The van der Waals surface area contributed by atoms with Crippen molar-refractivity contribution in [3.63, 3.8) is 0 Å². The average molecular weight is 316 g/mol. The molecule has 1 aromatic heterocycles. The molecule has 5 nitrogen and oxygen atoms in total. The first-order chi connectivity index (χ1) is 11.0. The summed E-state index contributed by atoms with van der Waals surface area (Å²) in [5.74, 6) is 0.214. The zero-order chi connectivity index (χ0) is 16.7. The Bertz CT molecular complexity index is 643. The second-order valence-corrected chi connectivity index (χ2v) is 5.52. The zero-order valence-electron chi connectivity index (χ0n) is 13.3. The monoisotopic (exact) mass is 316 g/mol. The number of pyridine rings is 1. The van der Waals surface area contributed by atoms with Crippen molar-refractivity contribution in [2.75, 3.05) is 37.8 Å². The van der Waals surface area contributed by atoms with Crippen molar-refractivity contribution in [1.29, 1.82) is 0 Å². The molecule has 0 fully saturated rings. The van der Waals surface area contributed by atoms with Crippen LogP contribution in [0, 0.1) is 5.82 Å². The van der Waals surface area contributed by atoms with E-state index in [4.69, 9.17) is 0 Å². The van der Waals surface area contributed by atoms with Gasteiger partial charge in [0.15, 0.2) is 0 Å². The van der Waals surface area contributed by atoms with Gasteiger partial charge in [-0.15, -0.1) is 0 Å². The molecule has 2 N–H and O–H groups in total. The van der Waals surface area contributed by atoms with E-state index in [0.29, 0.717) is 11.3 Å². The fraction of sp³-hybridized carbons (Fsp3) is 0.294. The van der Waals surface area contributed by atoms with E-state index < -0.39 is 0 Å². The van der Waals surface area contributed by atoms with Crippen LogP contribution in [0.4, 0.5) is 15.9 Å². The van der Waals surface area contributed by atoms with E-state index in [2.05, 4.69) is 20.5 Å². The highest BCUT2D eigenvalue weighted by molar-refractivity contribution is 5.92. The molecule has 2 rings (SSSR count). The Balaban J connectivity index is 1.84. The number of nitrogens with zero attached hydrogens (tertiary/aromatic N) is 2. The molecule has 0 aliphatic heterocycles. The number of amides is 1. The molecule has 0 radical (unpaired) electrons. The number of carbonyl (C=O) groups excluding carboxylic acids is 1. The lowest BCUT2D eigenvalue weighted by atomic mass is 10.1. The van der Waals surface area contributed by atoms with Crippen LogP contribution in [0.15, 0.2) is 42.6 Å². The van der Waals surface area contributed by atoms with E-state index in [1.54, 1.807) is 24.4 Å². The highest BCUT2D eigenvalue weighted by Crippen LogP contribution is 2.11. The van der Waals surface area contributed by atoms with Gasteiger partial charge in [-0.25, -0.2) is 9.37 Å². The molecule has 0 saturated carbocycles. The molecule has 1 heterocycles. The first-order valence-corrected chi connectivity index (χ1v) is 7.42. The first-order valence-electron chi connectivity index (χ1n) is 7.42. The van der Waals surface area contributed by atoms with Gasteiger partial charge in [0.1, 0.15) is 11.6 Å². The number of hydrogen-bond donors (Lipinski definition) is 2. The first kappa shape index (κ1) is 16.9. The van der Waals surface area contributed by atoms with Gasteiger partial charge in [0.2, 0.25) is 5.91 Å². The molecule has 0 saturated heterocycles. The number of rotatable bonds is 7. The Hall–Kier alpha value is -2.47. The Morgan fingerprint density at radius 1 is 1.26 bits per heavy atom. The second-order valence-electron chi connectivity index (χ2n) is 5.52. The van der Waals surface area contributed by atoms with Gasteiger partial charge in [-0.05, 0) is 43.9 Å². The SMILES string of the molecule is CN(C)CCNc1ccc(NC(=O)Cc2cccc(F)c2)cn1. The predicted octanol–water partition coefficient (Wildman–Crippen LogP) is 2.38. The minimum absolute atomic E-state index is 0.126. The molecule has 0 bridgehead atoms. The minimum atomic E-state index is -0.342. The highest BCUT2D eigenvalue weighted by atomic mass is 19.1. The maximum Gasteiger partial charge on any atom is 0.228 e. The van der Waals surface area contributed by atoms with Crippen LogP contribution in [0.5, 0.6) is 0 Å². The number of nitrogens with one attached hydrogen (secondary N) is 2. The third kappa shape index (κ3) is 6.04. The Labute approximate surface area is 135 Å². The fourth-order valence-corrected chi connectivity index (χ4v) is 2.02. The van der Waals surface area contributed by atoms with Gasteiger partial charge >= 0.3 is 0 Å². The van der Waals surface area contributed by atoms with Gasteiger partial charge in [0, 0.05) is 13.1 Å². The number of carbonyl (C=O) groups is 1. The molecule has 1 aromatic carbocycles. The maximum atomic E-state index is 13.1. The smallest absolute Gasteiger partial charge is 0.228 e. The van der Waals surface area contributed by atoms with E-state index in [1.807, 2.05) is 20.2 Å². The normalized spacial score (nSPS) is 10.6. The summed E-state index contributed by atoms with van der Waals surface area (Å²) < 4.78 is 13.1. The fourth-order valence-electron chi connectivity index (χ4n) is 2.02. The van der Waals surface area contributed by atoms with E-state index in [-0.39, 0.29) is 18.1 Å². The minimum Gasteiger partial charge on any atom is -0.369 e. The molecule has 0 atom stereocenters. The number of aromatic nitrogens is 1. The van der Waals surface area contributed by atoms with Gasteiger partial charge in [-0.2, -0.15) is 0 Å². The van der Waals surface area contributed by atoms with Crippen molar-refractivity contribution in [2.45, 2.75) is 6.42 Å². The summed E-state index contributed by atoms with van der Waals surface area (Å²) >= 11 is 0. The summed E-state index contributed by atoms with van der Waals surface area (Å²) in [6, 6.07) is 9.62. The predicted molar refractivity (Wildman–Crippen MR) is 90.0 cm³/mol. The van der Waals surface area contributed by atoms with Gasteiger partial charge in [0.25, 0.3) is 0 Å². The van der Waals surface area contributed by atoms with Crippen LogP contribution in [0.2, 0.25) is 0 Å². The van der Waals surface area contributed by atoms with E-state index >= 15 is 0 Å². The van der Waals surface area contributed by atoms with Crippen molar-refractivity contribution in [1.82, 2.24) is 9.88 Å². The van der Waals surface area contributed by atoms with E-state index in [9.17, 15) is 9.18 Å². The molecular formula is C17H21FN4O. The van der Waals surface area contributed by atoms with Crippen molar-refractivity contribution in [2.24, 2.45) is 0 Å². The zero-order valence-corrected chi connectivity index (χ0v) is 13.3. The number of hydrogen-bond acceptors (Lipinski definition) is 4. The van der Waals surface area contributed by atoms with Crippen molar-refractivity contribution < 1.29 is 9.18 Å². The molecule has 2 aromatic rings. The lowest BCUT2D eigenvalue weighted by Crippen LogP contribution is -2.21. The van der Waals surface area contributed by atoms with E-state index in [0.717, 1.165) is 18.9 Å². The molecule has 0 aliphatic carbocycles. The number of benzene rings is 1. The largest absolute Gasteiger partial charge is 0.369 e. The summed E-state index contributed by atoms with van der Waals surface area (Å²) in [4.78, 5) is 18.3. The topological polar surface area (TPSA) is 57.3 Å². The molecule has 0 aliphatic rings. The van der Waals surface area contributed by atoms with E-state index in [1.165, 1.54) is 12.1 Å². The van der Waals surface area contributed by atoms with Crippen LogP contribution in [0.25, 0.3) is 0 Å². The van der Waals surface area contributed by atoms with Crippen LogP contribution in [-0.4, -0.2) is 43.0 Å². The van der Waals surface area contributed by atoms with Crippen LogP contribution < -0.4 is 10.6 Å². The van der Waals surface area contributed by atoms with Crippen LogP contribution >= 0.6 is 0 Å². The highest BCUT2D eigenvalue weighted by Gasteiger charge is 2.05. The van der Waals surface area contributed by atoms with Crippen molar-refractivity contribution >= 4 is 17.4 Å². The molecule has 0 unspecified atom stereocenters. The summed E-state index contributed by atoms with van der Waals surface area (Å²) in [5, 5.41) is 5.95. The average Bonchev–Trinajstić information content (AvgIpc) is 2.48. The molecule has 0 spiro atoms. The van der Waals surface area contributed by atoms with Gasteiger partial charge in [-0.1, -0.05) is 12.1 Å². The lowest BCUT2D eigenvalue weighted by Gasteiger charge is -2.11. The second kappa shape index (κ2) is 8.24. The Kier molecular flexibility index (Phi) is 6.05. The van der Waals surface area contributed by atoms with Crippen LogP contribution in [-0.2, 0) is 11.2 Å². The summed E-state index contributed by atoms with van der Waals surface area (Å²) in [7, 11) is 4.01. The molecular weight excluding hydrogens is 295 g/mol. The van der Waals surface area contributed by atoms with Crippen molar-refractivity contribution in [3.8, 4) is 0 Å². The van der Waals surface area contributed by atoms with Gasteiger partial charge in [0.05, 0.1) is 18.3 Å². The molecule has 1 amide bonds. The third-order valence-corrected chi connectivity index (χ3v) is 3.17. The summed E-state index contributed by atoms with van der Waals surface area (Å²) in [5.41, 5.74) is 1.25.